The lowest BCUT2D eigenvalue weighted by Gasteiger charge is -2.20. The molecular formula is C23H22N2O5S. The van der Waals surface area contributed by atoms with Crippen molar-refractivity contribution >= 4 is 27.3 Å². The molecule has 0 aliphatic carbocycles. The van der Waals surface area contributed by atoms with Gasteiger partial charge < -0.3 is 14.8 Å². The fourth-order valence-electron chi connectivity index (χ4n) is 3.17. The number of hydrogen-bond acceptors (Lipinski definition) is 5. The van der Waals surface area contributed by atoms with Crippen molar-refractivity contribution in [1.29, 1.82) is 0 Å². The van der Waals surface area contributed by atoms with Crippen molar-refractivity contribution in [2.45, 2.75) is 11.8 Å². The zero-order valence-electron chi connectivity index (χ0n) is 17.2. The fraction of sp³-hybridized carbons (Fsp3) is 0.174. The summed E-state index contributed by atoms with van der Waals surface area (Å²) in [6.07, 6.45) is 0. The molecule has 1 aliphatic rings. The number of rotatable bonds is 5. The van der Waals surface area contributed by atoms with E-state index in [0.717, 1.165) is 5.56 Å². The van der Waals surface area contributed by atoms with Gasteiger partial charge in [0.15, 0.2) is 11.5 Å². The molecule has 0 aromatic heterocycles. The van der Waals surface area contributed by atoms with Crippen LogP contribution in [0.4, 0.5) is 11.4 Å². The first-order valence-electron chi connectivity index (χ1n) is 9.71. The van der Waals surface area contributed by atoms with Gasteiger partial charge in [-0.3, -0.25) is 9.10 Å². The maximum atomic E-state index is 13.1. The molecule has 160 valence electrons. The Labute approximate surface area is 181 Å². The molecule has 7 nitrogen and oxygen atoms in total. The molecule has 0 radical (unpaired) electrons. The molecule has 0 spiro atoms. The van der Waals surface area contributed by atoms with Crippen molar-refractivity contribution in [3.8, 4) is 11.5 Å². The lowest BCUT2D eigenvalue weighted by molar-refractivity contribution is 0.102. The topological polar surface area (TPSA) is 84.9 Å². The van der Waals surface area contributed by atoms with Crippen molar-refractivity contribution in [2.75, 3.05) is 29.9 Å². The number of fused-ring (bicyclic) bond motifs is 1. The first-order valence-corrected chi connectivity index (χ1v) is 11.2. The van der Waals surface area contributed by atoms with Crippen LogP contribution in [0.3, 0.4) is 0 Å². The number of carbonyl (C=O) groups excluding carboxylic acids is 1. The Morgan fingerprint density at radius 1 is 0.935 bits per heavy atom. The van der Waals surface area contributed by atoms with Gasteiger partial charge in [-0.25, -0.2) is 8.42 Å². The van der Waals surface area contributed by atoms with Crippen LogP contribution in [0.15, 0.2) is 71.6 Å². The first-order chi connectivity index (χ1) is 14.8. The third-order valence-electron chi connectivity index (χ3n) is 4.95. The highest BCUT2D eigenvalue weighted by molar-refractivity contribution is 7.92. The minimum absolute atomic E-state index is 0.0328. The third-order valence-corrected chi connectivity index (χ3v) is 6.73. The second-order valence-electron chi connectivity index (χ2n) is 7.15. The number of aryl methyl sites for hydroxylation is 1. The van der Waals surface area contributed by atoms with Crippen molar-refractivity contribution in [1.82, 2.24) is 0 Å². The van der Waals surface area contributed by atoms with Crippen LogP contribution in [0, 0.1) is 6.92 Å². The molecule has 1 N–H and O–H groups in total. The summed E-state index contributed by atoms with van der Waals surface area (Å²) in [6, 6.07) is 18.2. The van der Waals surface area contributed by atoms with Crippen LogP contribution >= 0.6 is 0 Å². The average Bonchev–Trinajstić information content (AvgIpc) is 2.79. The molecule has 3 aromatic carbocycles. The lowest BCUT2D eigenvalue weighted by Crippen LogP contribution is -2.26. The summed E-state index contributed by atoms with van der Waals surface area (Å²) in [7, 11) is -2.34. The van der Waals surface area contributed by atoms with Gasteiger partial charge in [0.1, 0.15) is 13.2 Å². The summed E-state index contributed by atoms with van der Waals surface area (Å²) < 4.78 is 38.4. The number of anilines is 2. The molecule has 1 heterocycles. The van der Waals surface area contributed by atoms with E-state index in [4.69, 9.17) is 9.47 Å². The van der Waals surface area contributed by atoms with Gasteiger partial charge in [0.2, 0.25) is 0 Å². The van der Waals surface area contributed by atoms with Gasteiger partial charge in [-0.2, -0.15) is 0 Å². The molecule has 31 heavy (non-hydrogen) atoms. The Morgan fingerprint density at radius 2 is 1.65 bits per heavy atom. The maximum Gasteiger partial charge on any atom is 0.264 e. The lowest BCUT2D eigenvalue weighted by atomic mass is 10.2. The molecule has 0 saturated heterocycles. The molecule has 0 fully saturated rings. The monoisotopic (exact) mass is 438 g/mol. The van der Waals surface area contributed by atoms with E-state index >= 15 is 0 Å². The van der Waals surface area contributed by atoms with Crippen molar-refractivity contribution < 1.29 is 22.7 Å². The number of hydrogen-bond donors (Lipinski definition) is 1. The molecular weight excluding hydrogens is 416 g/mol. The van der Waals surface area contributed by atoms with E-state index in [1.54, 1.807) is 42.5 Å². The van der Waals surface area contributed by atoms with Gasteiger partial charge in [0.05, 0.1) is 10.6 Å². The Hall–Kier alpha value is -3.52. The van der Waals surface area contributed by atoms with Gasteiger partial charge >= 0.3 is 0 Å². The summed E-state index contributed by atoms with van der Waals surface area (Å²) >= 11 is 0. The van der Waals surface area contributed by atoms with Crippen LogP contribution in [-0.2, 0) is 10.0 Å². The minimum atomic E-state index is -3.83. The summed E-state index contributed by atoms with van der Waals surface area (Å²) in [5.74, 6) is 0.753. The standard InChI is InChI=1S/C23H22N2O5S/c1-16-6-9-19(10-7-16)25(2)31(27,28)20-5-3-4-17(14-20)23(26)24-18-8-11-21-22(15-18)30-13-12-29-21/h3-11,14-15H,12-13H2,1-2H3,(H,24,26). The van der Waals surface area contributed by atoms with Gasteiger partial charge in [-0.1, -0.05) is 23.8 Å². The van der Waals surface area contributed by atoms with Crippen LogP contribution in [0.1, 0.15) is 15.9 Å². The van der Waals surface area contributed by atoms with Crippen LogP contribution in [0.5, 0.6) is 11.5 Å². The minimum Gasteiger partial charge on any atom is -0.486 e. The van der Waals surface area contributed by atoms with E-state index in [1.807, 2.05) is 19.1 Å². The van der Waals surface area contributed by atoms with E-state index in [2.05, 4.69) is 5.32 Å². The van der Waals surface area contributed by atoms with E-state index in [0.29, 0.717) is 36.1 Å². The molecule has 8 heteroatoms. The molecule has 0 bridgehead atoms. The summed E-state index contributed by atoms with van der Waals surface area (Å²) in [5, 5.41) is 2.77. The van der Waals surface area contributed by atoms with Gasteiger partial charge in [-0.15, -0.1) is 0 Å². The van der Waals surface area contributed by atoms with Gasteiger partial charge in [-0.05, 0) is 49.4 Å². The molecule has 1 amide bonds. The largest absolute Gasteiger partial charge is 0.486 e. The number of carbonyl (C=O) groups is 1. The Bertz CT molecular complexity index is 1220. The van der Waals surface area contributed by atoms with Crippen molar-refractivity contribution in [3.05, 3.63) is 77.9 Å². The number of ether oxygens (including phenoxy) is 2. The molecule has 0 atom stereocenters. The maximum absolute atomic E-state index is 13.1. The summed E-state index contributed by atoms with van der Waals surface area (Å²) in [6.45, 7) is 2.86. The molecule has 0 saturated carbocycles. The van der Waals surface area contributed by atoms with Crippen molar-refractivity contribution in [2.24, 2.45) is 0 Å². The van der Waals surface area contributed by atoms with Crippen LogP contribution in [0.25, 0.3) is 0 Å². The van der Waals surface area contributed by atoms with Gasteiger partial charge in [0, 0.05) is 24.4 Å². The number of amides is 1. The first kappa shape index (κ1) is 20.7. The van der Waals surface area contributed by atoms with E-state index < -0.39 is 15.9 Å². The molecule has 1 aliphatic heterocycles. The Morgan fingerprint density at radius 3 is 2.39 bits per heavy atom. The molecule has 0 unspecified atom stereocenters. The number of nitrogens with one attached hydrogen (secondary N) is 1. The Kier molecular flexibility index (Phi) is 5.56. The Balaban J connectivity index is 1.56. The predicted molar refractivity (Wildman–Crippen MR) is 119 cm³/mol. The highest BCUT2D eigenvalue weighted by atomic mass is 32.2. The zero-order valence-corrected chi connectivity index (χ0v) is 18.0. The molecule has 3 aromatic rings. The summed E-state index contributed by atoms with van der Waals surface area (Å²) in [5.41, 5.74) is 2.33. The number of nitrogens with zero attached hydrogens (tertiary/aromatic N) is 1. The average molecular weight is 439 g/mol. The number of benzene rings is 3. The quantitative estimate of drug-likeness (QED) is 0.654. The zero-order chi connectivity index (χ0) is 22.0. The summed E-state index contributed by atoms with van der Waals surface area (Å²) in [4.78, 5) is 12.8. The van der Waals surface area contributed by atoms with Crippen LogP contribution in [0.2, 0.25) is 0 Å². The van der Waals surface area contributed by atoms with E-state index in [1.165, 1.54) is 23.5 Å². The number of sulfonamides is 1. The SMILES string of the molecule is Cc1ccc(N(C)S(=O)(=O)c2cccc(C(=O)Nc3ccc4c(c3)OCCO4)c2)cc1. The van der Waals surface area contributed by atoms with Crippen LogP contribution in [-0.4, -0.2) is 34.6 Å². The highest BCUT2D eigenvalue weighted by Gasteiger charge is 2.22. The van der Waals surface area contributed by atoms with E-state index in [-0.39, 0.29) is 10.5 Å². The van der Waals surface area contributed by atoms with E-state index in [9.17, 15) is 13.2 Å². The van der Waals surface area contributed by atoms with Gasteiger partial charge in [0.25, 0.3) is 15.9 Å². The fourth-order valence-corrected chi connectivity index (χ4v) is 4.42. The second kappa shape index (κ2) is 8.31. The predicted octanol–water partition coefficient (Wildman–Crippen LogP) is 3.84. The van der Waals surface area contributed by atoms with Crippen molar-refractivity contribution in [3.63, 3.8) is 0 Å². The second-order valence-corrected chi connectivity index (χ2v) is 9.12. The normalized spacial score (nSPS) is 12.8. The van der Waals surface area contributed by atoms with Crippen LogP contribution < -0.4 is 19.1 Å². The third kappa shape index (κ3) is 4.34. The smallest absolute Gasteiger partial charge is 0.264 e. The highest BCUT2D eigenvalue weighted by Crippen LogP contribution is 2.32. The molecule has 4 rings (SSSR count).